The molecule has 0 aliphatic carbocycles. The molecule has 2 saturated heterocycles. The Bertz CT molecular complexity index is 349. The minimum absolute atomic E-state index is 0.0624. The van der Waals surface area contributed by atoms with Crippen LogP contribution in [0.25, 0.3) is 0 Å². The molecule has 1 N–H and O–H groups in total. The number of hydrogen-bond acceptors (Lipinski definition) is 4. The molecule has 2 atom stereocenters. The van der Waals surface area contributed by atoms with Crippen LogP contribution in [0.1, 0.15) is 47.5 Å². The molecule has 0 spiro atoms. The molecule has 5 nitrogen and oxygen atoms in total. The molecule has 0 unspecified atom stereocenters. The molecule has 0 bridgehead atoms. The van der Waals surface area contributed by atoms with E-state index in [0.717, 1.165) is 25.9 Å². The van der Waals surface area contributed by atoms with Gasteiger partial charge < -0.3 is 14.8 Å². The summed E-state index contributed by atoms with van der Waals surface area (Å²) in [4.78, 5) is 14.2. The second-order valence-electron chi connectivity index (χ2n) is 6.87. The quantitative estimate of drug-likeness (QED) is 0.732. The zero-order chi connectivity index (χ0) is 14.3. The van der Waals surface area contributed by atoms with Gasteiger partial charge in [0.25, 0.3) is 0 Å². The van der Waals surface area contributed by atoms with Gasteiger partial charge in [-0.2, -0.15) is 0 Å². The molecule has 19 heavy (non-hydrogen) atoms. The van der Waals surface area contributed by atoms with E-state index < -0.39 is 11.3 Å². The number of ether oxygens (including phenoxy) is 2. The van der Waals surface area contributed by atoms with E-state index >= 15 is 0 Å². The third-order valence-electron chi connectivity index (χ3n) is 3.57. The molecule has 1 amide bonds. The zero-order valence-electron chi connectivity index (χ0n) is 12.7. The van der Waals surface area contributed by atoms with E-state index in [1.807, 2.05) is 34.6 Å². The third kappa shape index (κ3) is 3.20. The summed E-state index contributed by atoms with van der Waals surface area (Å²) in [6.07, 6.45) is 1.89. The Labute approximate surface area is 115 Å². The minimum atomic E-state index is -0.601. The summed E-state index contributed by atoms with van der Waals surface area (Å²) in [5, 5.41) is 3.37. The standard InChI is InChI=1S/C14H26N2O3/c1-13(2,3)19-12(17)16-10-9-15-8-6-7-11(10)18-14(16,4)5/h10-11,15H,6-9H2,1-5H3/t10-,11-/m1/s1. The normalized spacial score (nSPS) is 30.7. The van der Waals surface area contributed by atoms with Gasteiger partial charge in [-0.25, -0.2) is 4.79 Å². The molecule has 2 rings (SSSR count). The summed E-state index contributed by atoms with van der Waals surface area (Å²) in [5.74, 6) is 0. The Morgan fingerprint density at radius 3 is 2.74 bits per heavy atom. The first-order chi connectivity index (χ1) is 8.71. The lowest BCUT2D eigenvalue weighted by Crippen LogP contribution is -2.52. The van der Waals surface area contributed by atoms with Crippen LogP contribution in [0.5, 0.6) is 0 Å². The van der Waals surface area contributed by atoms with Gasteiger partial charge in [-0.1, -0.05) is 0 Å². The van der Waals surface area contributed by atoms with Gasteiger partial charge in [-0.3, -0.25) is 4.90 Å². The Morgan fingerprint density at radius 1 is 1.42 bits per heavy atom. The fourth-order valence-electron chi connectivity index (χ4n) is 2.89. The fourth-order valence-corrected chi connectivity index (χ4v) is 2.89. The zero-order valence-corrected chi connectivity index (χ0v) is 12.7. The minimum Gasteiger partial charge on any atom is -0.444 e. The molecular weight excluding hydrogens is 244 g/mol. The topological polar surface area (TPSA) is 50.8 Å². The molecule has 0 aromatic rings. The Hall–Kier alpha value is -0.810. The van der Waals surface area contributed by atoms with E-state index in [9.17, 15) is 4.79 Å². The monoisotopic (exact) mass is 270 g/mol. The van der Waals surface area contributed by atoms with Gasteiger partial charge in [-0.15, -0.1) is 0 Å². The van der Waals surface area contributed by atoms with Crippen molar-refractivity contribution in [3.63, 3.8) is 0 Å². The second-order valence-corrected chi connectivity index (χ2v) is 6.87. The van der Waals surface area contributed by atoms with Gasteiger partial charge in [-0.05, 0) is 54.0 Å². The molecule has 110 valence electrons. The van der Waals surface area contributed by atoms with E-state index in [1.54, 1.807) is 4.90 Å². The van der Waals surface area contributed by atoms with Crippen molar-refractivity contribution >= 4 is 6.09 Å². The Balaban J connectivity index is 2.17. The van der Waals surface area contributed by atoms with Crippen LogP contribution >= 0.6 is 0 Å². The molecule has 0 aromatic carbocycles. The number of carbonyl (C=O) groups excluding carboxylic acids is 1. The molecule has 2 aliphatic heterocycles. The summed E-state index contributed by atoms with van der Waals surface area (Å²) in [6.45, 7) is 11.3. The van der Waals surface area contributed by atoms with E-state index in [0.29, 0.717) is 0 Å². The largest absolute Gasteiger partial charge is 0.444 e. The van der Waals surface area contributed by atoms with Crippen LogP contribution in [-0.2, 0) is 9.47 Å². The smallest absolute Gasteiger partial charge is 0.412 e. The Kier molecular flexibility index (Phi) is 3.80. The maximum atomic E-state index is 12.4. The summed E-state index contributed by atoms with van der Waals surface area (Å²) >= 11 is 0. The maximum Gasteiger partial charge on any atom is 0.412 e. The van der Waals surface area contributed by atoms with E-state index in [1.165, 1.54) is 0 Å². The van der Waals surface area contributed by atoms with E-state index in [-0.39, 0.29) is 18.2 Å². The Morgan fingerprint density at radius 2 is 2.11 bits per heavy atom. The van der Waals surface area contributed by atoms with Gasteiger partial charge in [0, 0.05) is 6.54 Å². The summed E-state index contributed by atoms with van der Waals surface area (Å²) in [6, 6.07) is 0.0624. The van der Waals surface area contributed by atoms with E-state index in [2.05, 4.69) is 5.32 Å². The van der Waals surface area contributed by atoms with Crippen LogP contribution in [0.15, 0.2) is 0 Å². The summed E-state index contributed by atoms with van der Waals surface area (Å²) < 4.78 is 11.6. The van der Waals surface area contributed by atoms with Gasteiger partial charge in [0.05, 0.1) is 12.1 Å². The first kappa shape index (κ1) is 14.6. The summed E-state index contributed by atoms with van der Waals surface area (Å²) in [7, 11) is 0. The van der Waals surface area contributed by atoms with Crippen LogP contribution in [0.3, 0.4) is 0 Å². The van der Waals surface area contributed by atoms with Crippen molar-refractivity contribution in [1.82, 2.24) is 10.2 Å². The van der Waals surface area contributed by atoms with Crippen molar-refractivity contribution in [2.75, 3.05) is 13.1 Å². The van der Waals surface area contributed by atoms with Gasteiger partial charge in [0.15, 0.2) is 0 Å². The van der Waals surface area contributed by atoms with Crippen molar-refractivity contribution in [1.29, 1.82) is 0 Å². The molecular formula is C14H26N2O3. The lowest BCUT2D eigenvalue weighted by Gasteiger charge is -2.35. The number of rotatable bonds is 0. The maximum absolute atomic E-state index is 12.4. The third-order valence-corrected chi connectivity index (χ3v) is 3.57. The van der Waals surface area contributed by atoms with Crippen LogP contribution in [0, 0.1) is 0 Å². The number of carbonyl (C=O) groups is 1. The fraction of sp³-hybridized carbons (Fsp3) is 0.929. The van der Waals surface area contributed by atoms with Crippen molar-refractivity contribution in [2.24, 2.45) is 0 Å². The van der Waals surface area contributed by atoms with Crippen LogP contribution in [0.2, 0.25) is 0 Å². The molecule has 2 fully saturated rings. The van der Waals surface area contributed by atoms with Crippen molar-refractivity contribution in [3.05, 3.63) is 0 Å². The predicted molar refractivity (Wildman–Crippen MR) is 72.9 cm³/mol. The van der Waals surface area contributed by atoms with Gasteiger partial charge in [0.2, 0.25) is 0 Å². The first-order valence-electron chi connectivity index (χ1n) is 7.11. The molecule has 2 heterocycles. The van der Waals surface area contributed by atoms with Crippen molar-refractivity contribution in [2.45, 2.75) is 70.9 Å². The first-order valence-corrected chi connectivity index (χ1v) is 7.11. The number of amides is 1. The molecule has 0 saturated carbocycles. The highest BCUT2D eigenvalue weighted by Gasteiger charge is 2.51. The SMILES string of the molecule is CC(C)(C)OC(=O)N1[C@@H]2CNCCC[C@H]2OC1(C)C. The van der Waals surface area contributed by atoms with Crippen LogP contribution in [-0.4, -0.2) is 47.6 Å². The van der Waals surface area contributed by atoms with E-state index in [4.69, 9.17) is 9.47 Å². The van der Waals surface area contributed by atoms with Crippen LogP contribution in [0.4, 0.5) is 4.79 Å². The average molecular weight is 270 g/mol. The van der Waals surface area contributed by atoms with Crippen molar-refractivity contribution in [3.8, 4) is 0 Å². The highest BCUT2D eigenvalue weighted by molar-refractivity contribution is 5.70. The molecule has 0 radical (unpaired) electrons. The van der Waals surface area contributed by atoms with Gasteiger partial charge in [0.1, 0.15) is 11.3 Å². The number of nitrogens with zero attached hydrogens (tertiary/aromatic N) is 1. The van der Waals surface area contributed by atoms with Crippen LogP contribution < -0.4 is 5.32 Å². The number of hydrogen-bond donors (Lipinski definition) is 1. The second kappa shape index (κ2) is 4.94. The lowest BCUT2D eigenvalue weighted by atomic mass is 10.1. The highest BCUT2D eigenvalue weighted by atomic mass is 16.6. The summed E-state index contributed by atoms with van der Waals surface area (Å²) in [5.41, 5.74) is -1.08. The number of fused-ring (bicyclic) bond motifs is 1. The number of nitrogens with one attached hydrogen (secondary N) is 1. The van der Waals surface area contributed by atoms with Crippen molar-refractivity contribution < 1.29 is 14.3 Å². The highest BCUT2D eigenvalue weighted by Crippen LogP contribution is 2.35. The van der Waals surface area contributed by atoms with Gasteiger partial charge >= 0.3 is 6.09 Å². The predicted octanol–water partition coefficient (Wildman–Crippen LogP) is 2.11. The lowest BCUT2D eigenvalue weighted by molar-refractivity contribution is -0.0803. The average Bonchev–Trinajstić information content (AvgIpc) is 2.37. The molecule has 2 aliphatic rings. The molecule has 0 aromatic heterocycles. The molecule has 5 heteroatoms.